The molecule has 3 nitrogen and oxygen atoms in total. The normalized spacial score (nSPS) is 24.2. The molecule has 0 aliphatic heterocycles. The van der Waals surface area contributed by atoms with Gasteiger partial charge in [-0.1, -0.05) is 18.2 Å². The van der Waals surface area contributed by atoms with Crippen LogP contribution in [0.25, 0.3) is 0 Å². The number of aliphatic hydroxyl groups excluding tert-OH is 1. The zero-order chi connectivity index (χ0) is 12.1. The maximum Gasteiger partial charge on any atom is 0.0995 e. The predicted octanol–water partition coefficient (Wildman–Crippen LogP) is 1.95. The van der Waals surface area contributed by atoms with Crippen LogP contribution in [0.4, 0.5) is 0 Å². The zero-order valence-corrected chi connectivity index (χ0v) is 9.89. The molecule has 2 unspecified atom stereocenters. The number of nitrogens with one attached hydrogen (secondary N) is 1. The van der Waals surface area contributed by atoms with Gasteiger partial charge in [0.15, 0.2) is 0 Å². The number of nitriles is 1. The minimum Gasteiger partial charge on any atom is -0.393 e. The van der Waals surface area contributed by atoms with Crippen LogP contribution in [0, 0.1) is 11.3 Å². The fourth-order valence-corrected chi connectivity index (χ4v) is 2.39. The Morgan fingerprint density at radius 3 is 2.94 bits per heavy atom. The first-order valence-corrected chi connectivity index (χ1v) is 6.19. The van der Waals surface area contributed by atoms with E-state index in [1.165, 1.54) is 0 Å². The molecule has 1 aromatic rings. The van der Waals surface area contributed by atoms with Crippen molar-refractivity contribution >= 4 is 0 Å². The van der Waals surface area contributed by atoms with Gasteiger partial charge in [0.1, 0.15) is 0 Å². The maximum absolute atomic E-state index is 9.59. The van der Waals surface area contributed by atoms with Gasteiger partial charge in [-0.15, -0.1) is 0 Å². The molecule has 0 spiro atoms. The van der Waals surface area contributed by atoms with Crippen molar-refractivity contribution < 1.29 is 5.11 Å². The van der Waals surface area contributed by atoms with Gasteiger partial charge in [0.25, 0.3) is 0 Å². The minimum absolute atomic E-state index is 0.160. The van der Waals surface area contributed by atoms with Gasteiger partial charge in [0.05, 0.1) is 17.7 Å². The Kier molecular flexibility index (Phi) is 4.13. The second-order valence-corrected chi connectivity index (χ2v) is 4.67. The summed E-state index contributed by atoms with van der Waals surface area (Å²) < 4.78 is 0. The van der Waals surface area contributed by atoms with Gasteiger partial charge >= 0.3 is 0 Å². The first-order chi connectivity index (χ1) is 8.29. The van der Waals surface area contributed by atoms with Crippen LogP contribution < -0.4 is 5.32 Å². The first-order valence-electron chi connectivity index (χ1n) is 6.19. The second-order valence-electron chi connectivity index (χ2n) is 4.67. The summed E-state index contributed by atoms with van der Waals surface area (Å²) in [7, 11) is 0. The summed E-state index contributed by atoms with van der Waals surface area (Å²) in [6, 6.07) is 10.2. The van der Waals surface area contributed by atoms with Crippen molar-refractivity contribution in [1.29, 1.82) is 5.26 Å². The second kappa shape index (κ2) is 5.81. The molecule has 1 aliphatic rings. The van der Waals surface area contributed by atoms with Gasteiger partial charge < -0.3 is 10.4 Å². The van der Waals surface area contributed by atoms with Crippen molar-refractivity contribution in [3.8, 4) is 6.07 Å². The molecule has 0 radical (unpaired) electrons. The van der Waals surface area contributed by atoms with Gasteiger partial charge in [-0.2, -0.15) is 5.26 Å². The summed E-state index contributed by atoms with van der Waals surface area (Å²) in [6.45, 7) is 0.709. The third-order valence-electron chi connectivity index (χ3n) is 3.37. The largest absolute Gasteiger partial charge is 0.393 e. The molecule has 1 aliphatic carbocycles. The number of aliphatic hydroxyl groups is 1. The highest BCUT2D eigenvalue weighted by atomic mass is 16.3. The predicted molar refractivity (Wildman–Crippen MR) is 66.3 cm³/mol. The van der Waals surface area contributed by atoms with Crippen LogP contribution in [0.1, 0.15) is 36.8 Å². The molecule has 2 N–H and O–H groups in total. The SMILES string of the molecule is N#Cc1ccccc1CNC1CCCC(O)C1. The molecule has 3 heteroatoms. The molecular weight excluding hydrogens is 212 g/mol. The Morgan fingerprint density at radius 2 is 2.18 bits per heavy atom. The van der Waals surface area contributed by atoms with Crippen molar-refractivity contribution in [2.75, 3.05) is 0 Å². The van der Waals surface area contributed by atoms with E-state index >= 15 is 0 Å². The summed E-state index contributed by atoms with van der Waals surface area (Å²) in [6.07, 6.45) is 3.79. The summed E-state index contributed by atoms with van der Waals surface area (Å²) in [5.41, 5.74) is 1.77. The molecular formula is C14H18N2O. The molecule has 1 aromatic carbocycles. The van der Waals surface area contributed by atoms with Crippen LogP contribution in [0.2, 0.25) is 0 Å². The van der Waals surface area contributed by atoms with Crippen LogP contribution in [0.3, 0.4) is 0 Å². The number of hydrogen-bond acceptors (Lipinski definition) is 3. The minimum atomic E-state index is -0.160. The van der Waals surface area contributed by atoms with E-state index < -0.39 is 0 Å². The fourth-order valence-electron chi connectivity index (χ4n) is 2.39. The van der Waals surface area contributed by atoms with Gasteiger partial charge in [-0.25, -0.2) is 0 Å². The third kappa shape index (κ3) is 3.29. The lowest BCUT2D eigenvalue weighted by molar-refractivity contribution is 0.111. The summed E-state index contributed by atoms with van der Waals surface area (Å²) in [4.78, 5) is 0. The molecule has 1 fully saturated rings. The quantitative estimate of drug-likeness (QED) is 0.834. The van der Waals surface area contributed by atoms with Gasteiger partial charge in [-0.3, -0.25) is 0 Å². The Balaban J connectivity index is 1.91. The summed E-state index contributed by atoms with van der Waals surface area (Å²) >= 11 is 0. The van der Waals surface area contributed by atoms with E-state index in [1.807, 2.05) is 24.3 Å². The topological polar surface area (TPSA) is 56.0 Å². The van der Waals surface area contributed by atoms with E-state index in [4.69, 9.17) is 5.26 Å². The highest BCUT2D eigenvalue weighted by Crippen LogP contribution is 2.19. The molecule has 2 atom stereocenters. The zero-order valence-electron chi connectivity index (χ0n) is 9.89. The summed E-state index contributed by atoms with van der Waals surface area (Å²) in [5, 5.41) is 22.0. The molecule has 90 valence electrons. The van der Waals surface area contributed by atoms with E-state index in [1.54, 1.807) is 0 Å². The smallest absolute Gasteiger partial charge is 0.0995 e. The van der Waals surface area contributed by atoms with Gasteiger partial charge in [0.2, 0.25) is 0 Å². The van der Waals surface area contributed by atoms with E-state index in [2.05, 4.69) is 11.4 Å². The Bertz CT molecular complexity index is 411. The van der Waals surface area contributed by atoms with E-state index in [9.17, 15) is 5.11 Å². The van der Waals surface area contributed by atoms with Crippen molar-refractivity contribution in [3.63, 3.8) is 0 Å². The van der Waals surface area contributed by atoms with Crippen molar-refractivity contribution in [2.45, 2.75) is 44.4 Å². The van der Waals surface area contributed by atoms with E-state index in [0.29, 0.717) is 12.6 Å². The monoisotopic (exact) mass is 230 g/mol. The Hall–Kier alpha value is -1.37. The lowest BCUT2D eigenvalue weighted by atomic mass is 9.93. The number of benzene rings is 1. The van der Waals surface area contributed by atoms with Crippen LogP contribution >= 0.6 is 0 Å². The highest BCUT2D eigenvalue weighted by molar-refractivity contribution is 5.37. The third-order valence-corrected chi connectivity index (χ3v) is 3.37. The van der Waals surface area contributed by atoms with Crippen molar-refractivity contribution in [3.05, 3.63) is 35.4 Å². The molecule has 2 rings (SSSR count). The molecule has 0 amide bonds. The molecule has 1 saturated carbocycles. The number of hydrogen-bond donors (Lipinski definition) is 2. The Morgan fingerprint density at radius 1 is 1.35 bits per heavy atom. The molecule has 17 heavy (non-hydrogen) atoms. The maximum atomic E-state index is 9.59. The van der Waals surface area contributed by atoms with Crippen molar-refractivity contribution in [2.24, 2.45) is 0 Å². The van der Waals surface area contributed by atoms with E-state index in [-0.39, 0.29) is 6.10 Å². The Labute approximate surface area is 102 Å². The average molecular weight is 230 g/mol. The average Bonchev–Trinajstić information content (AvgIpc) is 2.37. The van der Waals surface area contributed by atoms with Crippen molar-refractivity contribution in [1.82, 2.24) is 5.32 Å². The molecule has 0 aromatic heterocycles. The van der Waals surface area contributed by atoms with E-state index in [0.717, 1.165) is 36.8 Å². The van der Waals surface area contributed by atoms with Crippen LogP contribution in [-0.4, -0.2) is 17.3 Å². The lowest BCUT2D eigenvalue weighted by Crippen LogP contribution is -2.35. The fraction of sp³-hybridized carbons (Fsp3) is 0.500. The number of nitrogens with zero attached hydrogens (tertiary/aromatic N) is 1. The first kappa shape index (κ1) is 12.1. The lowest BCUT2D eigenvalue weighted by Gasteiger charge is -2.26. The summed E-state index contributed by atoms with van der Waals surface area (Å²) in [5.74, 6) is 0. The molecule has 0 saturated heterocycles. The molecule has 0 heterocycles. The van der Waals surface area contributed by atoms with Crippen LogP contribution in [0.5, 0.6) is 0 Å². The van der Waals surface area contributed by atoms with Gasteiger partial charge in [0, 0.05) is 12.6 Å². The standard InChI is InChI=1S/C14H18N2O/c15-9-11-4-1-2-5-12(11)10-16-13-6-3-7-14(17)8-13/h1-2,4-5,13-14,16-17H,3,6-8,10H2. The highest BCUT2D eigenvalue weighted by Gasteiger charge is 2.19. The molecule has 0 bridgehead atoms. The van der Waals surface area contributed by atoms with Crippen LogP contribution in [-0.2, 0) is 6.54 Å². The van der Waals surface area contributed by atoms with Crippen LogP contribution in [0.15, 0.2) is 24.3 Å². The number of rotatable bonds is 3. The van der Waals surface area contributed by atoms with Gasteiger partial charge in [-0.05, 0) is 37.3 Å².